The number of ether oxygens (including phenoxy) is 3. The van der Waals surface area contributed by atoms with Crippen LogP contribution in [0.25, 0.3) is 0 Å². The third-order valence-corrected chi connectivity index (χ3v) is 9.66. The summed E-state index contributed by atoms with van der Waals surface area (Å²) in [6.07, 6.45) is 1.72. The number of nitrogens with zero attached hydrogens (tertiary/aromatic N) is 1. The van der Waals surface area contributed by atoms with Crippen molar-refractivity contribution in [2.45, 2.75) is 94.1 Å². The molecule has 44 heavy (non-hydrogen) atoms. The number of hydrogen-bond acceptors (Lipinski definition) is 9. The largest absolute Gasteiger partial charge is 0.504 e. The standard InChI is InChI=1S/C34H40N2O8/c1-19(20-9-7-6-8-10-20)30(39)35-22(31(40)44-32(2,3)4)18-26(38)42-24-13-14-34(41)25-17-21-11-12-23(37)28-27(21)33(34,29(24)43-28)15-16-36(25)5/h6-13,19,22,25,29,37,41H,14-18H2,1-5H3,(H,35,39)/t19-,22-,25+,29-,33-,34+/m0/s1. The first-order valence-electron chi connectivity index (χ1n) is 15.2. The van der Waals surface area contributed by atoms with Gasteiger partial charge in [-0.3, -0.25) is 9.59 Å². The monoisotopic (exact) mass is 604 g/mol. The maximum atomic E-state index is 13.5. The fourth-order valence-electron chi connectivity index (χ4n) is 7.53. The van der Waals surface area contributed by atoms with Crippen molar-refractivity contribution in [3.63, 3.8) is 0 Å². The minimum atomic E-state index is -1.29. The van der Waals surface area contributed by atoms with Gasteiger partial charge in [0.25, 0.3) is 0 Å². The molecule has 2 bridgehead atoms. The molecule has 0 unspecified atom stereocenters. The number of phenolic OH excluding ortho intramolecular Hbond substituents is 1. The molecule has 1 fully saturated rings. The van der Waals surface area contributed by atoms with Crippen molar-refractivity contribution >= 4 is 17.8 Å². The third kappa shape index (κ3) is 4.75. The van der Waals surface area contributed by atoms with E-state index in [9.17, 15) is 24.6 Å². The molecule has 0 radical (unpaired) electrons. The highest BCUT2D eigenvalue weighted by Crippen LogP contribution is 2.65. The van der Waals surface area contributed by atoms with Crippen molar-refractivity contribution in [1.82, 2.24) is 10.2 Å². The summed E-state index contributed by atoms with van der Waals surface area (Å²) in [6, 6.07) is 11.1. The van der Waals surface area contributed by atoms with Crippen LogP contribution in [0.5, 0.6) is 11.5 Å². The number of nitrogens with one attached hydrogen (secondary N) is 1. The number of hydrogen-bond donors (Lipinski definition) is 3. The number of amides is 1. The van der Waals surface area contributed by atoms with Crippen LogP contribution in [-0.2, 0) is 35.7 Å². The van der Waals surface area contributed by atoms with E-state index >= 15 is 0 Å². The molecule has 2 aromatic rings. The number of carbonyl (C=O) groups is 3. The smallest absolute Gasteiger partial charge is 0.329 e. The number of phenols is 1. The molecule has 4 aliphatic rings. The number of likely N-dealkylation sites (tertiary alicyclic amines) is 1. The number of aromatic hydroxyl groups is 1. The number of likely N-dealkylation sites (N-methyl/N-ethyl adjacent to an activating group) is 1. The summed E-state index contributed by atoms with van der Waals surface area (Å²) in [5, 5.41) is 25.8. The fraction of sp³-hybridized carbons (Fsp3) is 0.500. The summed E-state index contributed by atoms with van der Waals surface area (Å²) in [6.45, 7) is 7.54. The molecule has 1 amide bonds. The molecule has 2 aromatic carbocycles. The van der Waals surface area contributed by atoms with Gasteiger partial charge in [0.05, 0.1) is 23.4 Å². The number of aliphatic hydroxyl groups is 1. The summed E-state index contributed by atoms with van der Waals surface area (Å²) in [7, 11) is 2.00. The molecule has 1 spiro atoms. The average molecular weight is 605 g/mol. The van der Waals surface area contributed by atoms with E-state index in [0.29, 0.717) is 25.1 Å². The zero-order chi connectivity index (χ0) is 31.6. The molecular formula is C34H40N2O8. The quantitative estimate of drug-likeness (QED) is 0.407. The van der Waals surface area contributed by atoms with Crippen LogP contribution in [-0.4, -0.2) is 75.9 Å². The van der Waals surface area contributed by atoms with E-state index < -0.39 is 58.9 Å². The Kier molecular flexibility index (Phi) is 7.28. The molecule has 234 valence electrons. The summed E-state index contributed by atoms with van der Waals surface area (Å²) >= 11 is 0. The Morgan fingerprint density at radius 1 is 1.16 bits per heavy atom. The first kappa shape index (κ1) is 30.1. The van der Waals surface area contributed by atoms with Crippen molar-refractivity contribution in [3.05, 3.63) is 71.0 Å². The minimum absolute atomic E-state index is 0.0295. The van der Waals surface area contributed by atoms with Crippen LogP contribution in [0.1, 0.15) is 69.6 Å². The van der Waals surface area contributed by atoms with E-state index in [1.54, 1.807) is 39.8 Å². The second-order valence-electron chi connectivity index (χ2n) is 13.5. The van der Waals surface area contributed by atoms with Gasteiger partial charge in [-0.25, -0.2) is 4.79 Å². The number of esters is 2. The van der Waals surface area contributed by atoms with Gasteiger partial charge in [0.2, 0.25) is 5.91 Å². The summed E-state index contributed by atoms with van der Waals surface area (Å²) < 4.78 is 17.8. The Morgan fingerprint density at radius 2 is 1.89 bits per heavy atom. The summed E-state index contributed by atoms with van der Waals surface area (Å²) in [5.74, 6) is -2.02. The SMILES string of the molecule is C[C@H](C(=O)N[C@@H](CC(=O)OC1=CC[C@@]2(O)[C@H]3Cc4ccc(O)c5c4[C@@]2(CCN3C)[C@H]1O5)C(=O)OC(C)(C)C)c1ccccc1. The van der Waals surface area contributed by atoms with Gasteiger partial charge in [0.15, 0.2) is 17.6 Å². The van der Waals surface area contributed by atoms with Crippen molar-refractivity contribution in [2.75, 3.05) is 13.6 Å². The van der Waals surface area contributed by atoms with Gasteiger partial charge >= 0.3 is 11.9 Å². The van der Waals surface area contributed by atoms with Crippen LogP contribution in [0.3, 0.4) is 0 Å². The van der Waals surface area contributed by atoms with Crippen LogP contribution < -0.4 is 10.1 Å². The minimum Gasteiger partial charge on any atom is -0.504 e. The Morgan fingerprint density at radius 3 is 2.59 bits per heavy atom. The van der Waals surface area contributed by atoms with Crippen LogP contribution >= 0.6 is 0 Å². The highest BCUT2D eigenvalue weighted by atomic mass is 16.6. The Hall–Kier alpha value is -3.89. The lowest BCUT2D eigenvalue weighted by Crippen LogP contribution is -2.74. The highest BCUT2D eigenvalue weighted by Gasteiger charge is 2.72. The van der Waals surface area contributed by atoms with E-state index in [2.05, 4.69) is 10.2 Å². The second kappa shape index (κ2) is 10.6. The van der Waals surface area contributed by atoms with E-state index in [1.807, 2.05) is 43.4 Å². The summed E-state index contributed by atoms with van der Waals surface area (Å²) in [5.41, 5.74) is -0.426. The molecule has 2 heterocycles. The van der Waals surface area contributed by atoms with E-state index in [-0.39, 0.29) is 24.0 Å². The molecule has 10 heteroatoms. The molecule has 0 aromatic heterocycles. The predicted molar refractivity (Wildman–Crippen MR) is 160 cm³/mol. The fourth-order valence-corrected chi connectivity index (χ4v) is 7.53. The first-order valence-corrected chi connectivity index (χ1v) is 15.2. The van der Waals surface area contributed by atoms with Gasteiger partial charge in [-0.1, -0.05) is 36.4 Å². The van der Waals surface area contributed by atoms with Crippen molar-refractivity contribution < 1.29 is 38.8 Å². The van der Waals surface area contributed by atoms with E-state index in [4.69, 9.17) is 14.2 Å². The molecule has 3 N–H and O–H groups in total. The second-order valence-corrected chi connectivity index (χ2v) is 13.5. The Labute approximate surface area is 257 Å². The molecule has 1 saturated heterocycles. The maximum Gasteiger partial charge on any atom is 0.329 e. The Bertz CT molecular complexity index is 1530. The van der Waals surface area contributed by atoms with Gasteiger partial charge in [-0.2, -0.15) is 0 Å². The average Bonchev–Trinajstić information content (AvgIpc) is 3.33. The predicted octanol–water partition coefficient (Wildman–Crippen LogP) is 3.23. The lowest BCUT2D eigenvalue weighted by molar-refractivity contribution is -0.170. The first-order chi connectivity index (χ1) is 20.7. The van der Waals surface area contributed by atoms with Crippen LogP contribution in [0, 0.1) is 0 Å². The molecular weight excluding hydrogens is 564 g/mol. The number of benzene rings is 2. The topological polar surface area (TPSA) is 135 Å². The maximum absolute atomic E-state index is 13.5. The van der Waals surface area contributed by atoms with E-state index in [0.717, 1.165) is 16.7 Å². The van der Waals surface area contributed by atoms with Gasteiger partial charge in [0.1, 0.15) is 17.4 Å². The highest BCUT2D eigenvalue weighted by molar-refractivity contribution is 5.91. The molecule has 0 saturated carbocycles. The Balaban J connectivity index is 1.26. The molecule has 6 rings (SSSR count). The normalized spacial score (nSPS) is 28.1. The number of piperidine rings is 1. The third-order valence-electron chi connectivity index (χ3n) is 9.66. The van der Waals surface area contributed by atoms with Crippen molar-refractivity contribution in [1.29, 1.82) is 0 Å². The lowest BCUT2D eigenvalue weighted by atomic mass is 9.50. The van der Waals surface area contributed by atoms with Crippen LogP contribution in [0.15, 0.2) is 54.3 Å². The van der Waals surface area contributed by atoms with Crippen molar-refractivity contribution in [2.24, 2.45) is 0 Å². The molecule has 10 nitrogen and oxygen atoms in total. The van der Waals surface area contributed by atoms with E-state index in [1.165, 1.54) is 0 Å². The molecule has 6 atom stereocenters. The van der Waals surface area contributed by atoms with Crippen LogP contribution in [0.2, 0.25) is 0 Å². The zero-order valence-corrected chi connectivity index (χ0v) is 25.8. The van der Waals surface area contributed by atoms with Gasteiger partial charge in [0, 0.05) is 18.0 Å². The molecule has 2 aliphatic carbocycles. The number of carbonyl (C=O) groups excluding carboxylic acids is 3. The lowest BCUT2D eigenvalue weighted by Gasteiger charge is -2.61. The van der Waals surface area contributed by atoms with Gasteiger partial charge in [-0.05, 0) is 77.4 Å². The molecule has 2 aliphatic heterocycles. The zero-order valence-electron chi connectivity index (χ0n) is 25.8. The van der Waals surface area contributed by atoms with Gasteiger partial charge < -0.3 is 34.6 Å². The van der Waals surface area contributed by atoms with Crippen molar-refractivity contribution in [3.8, 4) is 11.5 Å². The van der Waals surface area contributed by atoms with Gasteiger partial charge in [-0.15, -0.1) is 0 Å². The van der Waals surface area contributed by atoms with Crippen LogP contribution in [0.4, 0.5) is 0 Å². The number of rotatable bonds is 7. The summed E-state index contributed by atoms with van der Waals surface area (Å²) in [4.78, 5) is 42.1.